The average Bonchev–Trinajstić information content (AvgIpc) is 2.73. The third-order valence-corrected chi connectivity index (χ3v) is 6.69. The Hall–Kier alpha value is -2.95. The maximum absolute atomic E-state index is 12.6. The first kappa shape index (κ1) is 23.2. The number of alkyl halides is 3. The first-order valence-electron chi connectivity index (χ1n) is 10.3. The average molecular weight is 482 g/mol. The molecule has 1 aromatic heterocycles. The highest BCUT2D eigenvalue weighted by atomic mass is 32.2. The van der Waals surface area contributed by atoms with Gasteiger partial charge in [0.15, 0.2) is 0 Å². The summed E-state index contributed by atoms with van der Waals surface area (Å²) in [7, 11) is 0. The van der Waals surface area contributed by atoms with Gasteiger partial charge in [0, 0.05) is 42.9 Å². The van der Waals surface area contributed by atoms with Gasteiger partial charge >= 0.3 is 12.3 Å². The fourth-order valence-corrected chi connectivity index (χ4v) is 5.25. The molecule has 0 spiro atoms. The molecule has 1 saturated heterocycles. The first-order chi connectivity index (χ1) is 15.6. The molecule has 7 nitrogen and oxygen atoms in total. The van der Waals surface area contributed by atoms with Gasteiger partial charge in [0.25, 0.3) is 5.56 Å². The number of carboxylic acids is 1. The lowest BCUT2D eigenvalue weighted by molar-refractivity contribution is -0.274. The molecule has 2 aromatic rings. The van der Waals surface area contributed by atoms with Crippen LogP contribution in [0.4, 0.5) is 13.2 Å². The fraction of sp³-hybridized carbons (Fsp3) is 0.409. The number of rotatable bonds is 6. The number of pyridine rings is 1. The van der Waals surface area contributed by atoms with Crippen LogP contribution in [0.2, 0.25) is 0 Å². The quantitative estimate of drug-likeness (QED) is 0.681. The van der Waals surface area contributed by atoms with Gasteiger partial charge < -0.3 is 19.3 Å². The minimum Gasteiger partial charge on any atom is -0.481 e. The zero-order chi connectivity index (χ0) is 23.8. The number of fused-ring (bicyclic) bond motifs is 4. The lowest BCUT2D eigenvalue weighted by Crippen LogP contribution is -2.49. The smallest absolute Gasteiger partial charge is 0.481 e. The van der Waals surface area contributed by atoms with Crippen molar-refractivity contribution < 1.29 is 32.6 Å². The molecule has 176 valence electrons. The number of piperidine rings is 1. The molecule has 1 amide bonds. The summed E-state index contributed by atoms with van der Waals surface area (Å²) in [5, 5.41) is 8.77. The standard InChI is InChI=1S/C22H21F3N2O5S/c23-22(24,25)32-16-3-1-14(2-4-16)17-5-6-18(28)27-9-13-7-15(21(17)27)10-26(8-13)19(29)11-33-12-20(30)31/h1-6,13,15H,7-12H2,(H,30,31)/t13-,15-/m0/s1. The molecular formula is C22H21F3N2O5S. The van der Waals surface area contributed by atoms with E-state index in [1.807, 2.05) is 0 Å². The van der Waals surface area contributed by atoms with Gasteiger partial charge in [-0.1, -0.05) is 12.1 Å². The van der Waals surface area contributed by atoms with E-state index in [0.717, 1.165) is 29.4 Å². The van der Waals surface area contributed by atoms with Crippen LogP contribution in [0.15, 0.2) is 41.2 Å². The van der Waals surface area contributed by atoms with Crippen molar-refractivity contribution in [2.24, 2.45) is 5.92 Å². The van der Waals surface area contributed by atoms with Crippen molar-refractivity contribution in [2.75, 3.05) is 24.6 Å². The van der Waals surface area contributed by atoms with Crippen LogP contribution in [0.1, 0.15) is 18.0 Å². The van der Waals surface area contributed by atoms with E-state index in [-0.39, 0.29) is 40.6 Å². The van der Waals surface area contributed by atoms with Crippen LogP contribution in [0.3, 0.4) is 0 Å². The molecule has 0 radical (unpaired) electrons. The molecule has 1 aromatic carbocycles. The number of aliphatic carboxylic acids is 1. The molecule has 33 heavy (non-hydrogen) atoms. The molecule has 0 saturated carbocycles. The van der Waals surface area contributed by atoms with Crippen molar-refractivity contribution in [3.63, 3.8) is 0 Å². The Balaban J connectivity index is 1.60. The Morgan fingerprint density at radius 3 is 2.45 bits per heavy atom. The highest BCUT2D eigenvalue weighted by Crippen LogP contribution is 2.40. The first-order valence-corrected chi connectivity index (χ1v) is 11.4. The summed E-state index contributed by atoms with van der Waals surface area (Å²) in [4.78, 5) is 37.6. The van der Waals surface area contributed by atoms with Gasteiger partial charge in [-0.05, 0) is 36.1 Å². The molecule has 2 aliphatic heterocycles. The van der Waals surface area contributed by atoms with E-state index in [1.165, 1.54) is 30.3 Å². The number of aromatic nitrogens is 1. The SMILES string of the molecule is O=C(O)CSCC(=O)N1C[C@@H]2C[C@@H](C1)c1c(-c3ccc(OC(F)(F)F)cc3)ccc(=O)n1C2. The molecule has 11 heteroatoms. The number of hydrogen-bond acceptors (Lipinski definition) is 5. The van der Waals surface area contributed by atoms with Crippen molar-refractivity contribution in [2.45, 2.75) is 25.2 Å². The van der Waals surface area contributed by atoms with Crippen LogP contribution in [-0.4, -0.2) is 57.4 Å². The van der Waals surface area contributed by atoms with Crippen LogP contribution < -0.4 is 10.3 Å². The molecule has 1 N–H and O–H groups in total. The Kier molecular flexibility index (Phi) is 6.42. The zero-order valence-electron chi connectivity index (χ0n) is 17.4. The van der Waals surface area contributed by atoms with Crippen molar-refractivity contribution >= 4 is 23.6 Å². The van der Waals surface area contributed by atoms with Crippen molar-refractivity contribution in [1.82, 2.24) is 9.47 Å². The fourth-order valence-electron chi connectivity index (χ4n) is 4.62. The number of hydrogen-bond donors (Lipinski definition) is 1. The van der Waals surface area contributed by atoms with Crippen LogP contribution in [0.5, 0.6) is 5.75 Å². The maximum Gasteiger partial charge on any atom is 0.573 e. The number of halogens is 3. The minimum absolute atomic E-state index is 0.0703. The van der Waals surface area contributed by atoms with Crippen LogP contribution in [0.25, 0.3) is 11.1 Å². The molecule has 2 atom stereocenters. The number of ether oxygens (including phenoxy) is 1. The summed E-state index contributed by atoms with van der Waals surface area (Å²) in [5.74, 6) is -1.54. The summed E-state index contributed by atoms with van der Waals surface area (Å²) < 4.78 is 43.1. The normalized spacial score (nSPS) is 19.7. The summed E-state index contributed by atoms with van der Waals surface area (Å²) in [6.07, 6.45) is -3.99. The summed E-state index contributed by atoms with van der Waals surface area (Å²) >= 11 is 1.05. The third kappa shape index (κ3) is 5.35. The van der Waals surface area contributed by atoms with E-state index >= 15 is 0 Å². The molecular weight excluding hydrogens is 461 g/mol. The summed E-state index contributed by atoms with van der Waals surface area (Å²) in [6, 6.07) is 8.60. The summed E-state index contributed by atoms with van der Waals surface area (Å²) in [6.45, 7) is 1.34. The van der Waals surface area contributed by atoms with Gasteiger partial charge in [0.05, 0.1) is 11.5 Å². The second kappa shape index (κ2) is 9.12. The summed E-state index contributed by atoms with van der Waals surface area (Å²) in [5.41, 5.74) is 1.98. The van der Waals surface area contributed by atoms with Gasteiger partial charge in [-0.3, -0.25) is 14.4 Å². The topological polar surface area (TPSA) is 88.8 Å². The van der Waals surface area contributed by atoms with Gasteiger partial charge in [-0.25, -0.2) is 0 Å². The Morgan fingerprint density at radius 2 is 1.79 bits per heavy atom. The van der Waals surface area contributed by atoms with Crippen LogP contribution >= 0.6 is 11.8 Å². The van der Waals surface area contributed by atoms with Crippen LogP contribution in [-0.2, 0) is 16.1 Å². The number of carboxylic acid groups (broad SMARTS) is 1. The van der Waals surface area contributed by atoms with Gasteiger partial charge in [0.2, 0.25) is 5.91 Å². The van der Waals surface area contributed by atoms with E-state index in [0.29, 0.717) is 25.2 Å². The maximum atomic E-state index is 12.6. The second-order valence-corrected chi connectivity index (χ2v) is 9.12. The van der Waals surface area contributed by atoms with E-state index in [2.05, 4.69) is 4.74 Å². The predicted molar refractivity (Wildman–Crippen MR) is 115 cm³/mol. The number of nitrogens with zero attached hydrogens (tertiary/aromatic N) is 2. The number of likely N-dealkylation sites (tertiary alicyclic amines) is 1. The molecule has 4 rings (SSSR count). The molecule has 2 aliphatic rings. The van der Waals surface area contributed by atoms with E-state index in [4.69, 9.17) is 5.11 Å². The highest BCUT2D eigenvalue weighted by Gasteiger charge is 2.38. The number of benzene rings is 1. The molecule has 0 unspecified atom stereocenters. The van der Waals surface area contributed by atoms with Gasteiger partial charge in [0.1, 0.15) is 5.75 Å². The largest absolute Gasteiger partial charge is 0.573 e. The highest BCUT2D eigenvalue weighted by molar-refractivity contribution is 8.00. The number of amides is 1. The van der Waals surface area contributed by atoms with Crippen molar-refractivity contribution in [3.8, 4) is 16.9 Å². The molecule has 2 bridgehead atoms. The Labute approximate surface area is 191 Å². The van der Waals surface area contributed by atoms with Crippen molar-refractivity contribution in [1.29, 1.82) is 0 Å². The van der Waals surface area contributed by atoms with E-state index < -0.39 is 12.3 Å². The van der Waals surface area contributed by atoms with E-state index in [9.17, 15) is 27.6 Å². The predicted octanol–water partition coefficient (Wildman–Crippen LogP) is 3.18. The lowest BCUT2D eigenvalue weighted by atomic mass is 9.80. The number of carbonyl (C=O) groups is 2. The third-order valence-electron chi connectivity index (χ3n) is 5.79. The van der Waals surface area contributed by atoms with Gasteiger partial charge in [-0.2, -0.15) is 0 Å². The molecule has 1 fully saturated rings. The van der Waals surface area contributed by atoms with Gasteiger partial charge in [-0.15, -0.1) is 24.9 Å². The minimum atomic E-state index is -4.78. The number of thioether (sulfide) groups is 1. The molecule has 0 aliphatic carbocycles. The number of carbonyl (C=O) groups excluding carboxylic acids is 1. The second-order valence-electron chi connectivity index (χ2n) is 8.14. The van der Waals surface area contributed by atoms with Crippen LogP contribution in [0, 0.1) is 5.92 Å². The monoisotopic (exact) mass is 482 g/mol. The van der Waals surface area contributed by atoms with E-state index in [1.54, 1.807) is 15.5 Å². The van der Waals surface area contributed by atoms with Crippen molar-refractivity contribution in [3.05, 3.63) is 52.4 Å². The Bertz CT molecular complexity index is 1120. The lowest BCUT2D eigenvalue weighted by Gasteiger charge is -2.43. The Morgan fingerprint density at radius 1 is 1.06 bits per heavy atom. The molecule has 3 heterocycles. The zero-order valence-corrected chi connectivity index (χ0v) is 18.2.